The van der Waals surface area contributed by atoms with E-state index in [1.165, 1.54) is 5.56 Å². The predicted molar refractivity (Wildman–Crippen MR) is 62.3 cm³/mol. The zero-order valence-corrected chi connectivity index (χ0v) is 10.3. The van der Waals surface area contributed by atoms with Crippen LogP contribution >= 0.6 is 0 Å². The SMILES string of the molecule is CN(C)[Si](C)C.Cc1ccccc1. The van der Waals surface area contributed by atoms with Gasteiger partial charge in [-0.05, 0) is 21.0 Å². The lowest BCUT2D eigenvalue weighted by Gasteiger charge is -2.10. The second-order valence-electron chi connectivity index (χ2n) is 3.50. The molecule has 0 amide bonds. The van der Waals surface area contributed by atoms with E-state index in [0.29, 0.717) is 0 Å². The van der Waals surface area contributed by atoms with Crippen molar-refractivity contribution in [1.29, 1.82) is 0 Å². The molecule has 0 saturated carbocycles. The molecule has 0 spiro atoms. The highest BCUT2D eigenvalue weighted by molar-refractivity contribution is 6.52. The molecule has 1 rings (SSSR count). The average molecular weight is 194 g/mol. The third-order valence-corrected chi connectivity index (χ3v) is 3.62. The van der Waals surface area contributed by atoms with E-state index in [9.17, 15) is 0 Å². The molecule has 0 aromatic heterocycles. The van der Waals surface area contributed by atoms with Gasteiger partial charge in [0.15, 0.2) is 0 Å². The van der Waals surface area contributed by atoms with Gasteiger partial charge < -0.3 is 4.57 Å². The van der Waals surface area contributed by atoms with Crippen molar-refractivity contribution in [2.24, 2.45) is 0 Å². The normalized spacial score (nSPS) is 9.77. The highest BCUT2D eigenvalue weighted by Crippen LogP contribution is 1.92. The molecule has 1 aromatic rings. The molecule has 0 heterocycles. The lowest BCUT2D eigenvalue weighted by atomic mass is 10.2. The molecule has 0 bridgehead atoms. The zero-order chi connectivity index (χ0) is 10.3. The van der Waals surface area contributed by atoms with Gasteiger partial charge in [0.05, 0.1) is 0 Å². The highest BCUT2D eigenvalue weighted by atomic mass is 28.3. The van der Waals surface area contributed by atoms with Gasteiger partial charge in [-0.2, -0.15) is 0 Å². The van der Waals surface area contributed by atoms with Gasteiger partial charge in [-0.25, -0.2) is 0 Å². The maximum atomic E-state index is 2.27. The van der Waals surface area contributed by atoms with Gasteiger partial charge in [0.2, 0.25) is 0 Å². The molecule has 0 aliphatic heterocycles. The Labute approximate surface area is 84.1 Å². The Hall–Kier alpha value is -0.603. The lowest BCUT2D eigenvalue weighted by molar-refractivity contribution is 0.648. The van der Waals surface area contributed by atoms with Gasteiger partial charge in [-0.1, -0.05) is 49.0 Å². The maximum absolute atomic E-state index is 2.27. The van der Waals surface area contributed by atoms with Crippen molar-refractivity contribution in [3.8, 4) is 0 Å². The summed E-state index contributed by atoms with van der Waals surface area (Å²) in [6.07, 6.45) is 0. The van der Waals surface area contributed by atoms with Crippen LogP contribution in [0, 0.1) is 6.92 Å². The second kappa shape index (κ2) is 6.86. The first-order valence-electron chi connectivity index (χ1n) is 4.53. The molecule has 1 radical (unpaired) electrons. The summed E-state index contributed by atoms with van der Waals surface area (Å²) in [4.78, 5) is 0. The van der Waals surface area contributed by atoms with Crippen molar-refractivity contribution >= 4 is 8.96 Å². The molecular formula is C11H20NSi. The van der Waals surface area contributed by atoms with Gasteiger partial charge in [-0.15, -0.1) is 0 Å². The third kappa shape index (κ3) is 7.75. The van der Waals surface area contributed by atoms with Crippen molar-refractivity contribution in [1.82, 2.24) is 4.57 Å². The molecule has 1 nitrogen and oxygen atoms in total. The second-order valence-corrected chi connectivity index (χ2v) is 6.29. The van der Waals surface area contributed by atoms with E-state index in [2.05, 4.69) is 50.8 Å². The summed E-state index contributed by atoms with van der Waals surface area (Å²) in [6, 6.07) is 10.3. The van der Waals surface area contributed by atoms with Crippen LogP contribution in [-0.4, -0.2) is 27.6 Å². The van der Waals surface area contributed by atoms with Crippen LogP contribution < -0.4 is 0 Å². The molecular weight excluding hydrogens is 174 g/mol. The standard InChI is InChI=1S/C7H8.C4H12NSi/c1-7-5-3-2-4-6-7;1-5(2)6(3)4/h2-6H,1H3;1-4H3. The Morgan fingerprint density at radius 3 is 1.54 bits per heavy atom. The van der Waals surface area contributed by atoms with Crippen LogP contribution in [0.25, 0.3) is 0 Å². The van der Waals surface area contributed by atoms with Gasteiger partial charge in [-0.3, -0.25) is 0 Å². The minimum absolute atomic E-state index is 0.118. The molecule has 1 aromatic carbocycles. The first-order chi connectivity index (χ1) is 6.04. The van der Waals surface area contributed by atoms with Crippen molar-refractivity contribution < 1.29 is 0 Å². The predicted octanol–water partition coefficient (Wildman–Crippen LogP) is 2.79. The minimum Gasteiger partial charge on any atom is -0.330 e. The van der Waals surface area contributed by atoms with Crippen LogP contribution in [0.2, 0.25) is 13.1 Å². The first-order valence-corrected chi connectivity index (χ1v) is 6.98. The summed E-state index contributed by atoms with van der Waals surface area (Å²) in [5.74, 6) is 0. The van der Waals surface area contributed by atoms with Gasteiger partial charge in [0.1, 0.15) is 8.96 Å². The third-order valence-electron chi connectivity index (χ3n) is 1.83. The lowest BCUT2D eigenvalue weighted by Crippen LogP contribution is -2.25. The Kier molecular flexibility index (Phi) is 6.55. The summed E-state index contributed by atoms with van der Waals surface area (Å²) >= 11 is 0. The number of hydrogen-bond acceptors (Lipinski definition) is 1. The molecule has 73 valence electrons. The van der Waals surface area contributed by atoms with Crippen LogP contribution in [0.4, 0.5) is 0 Å². The van der Waals surface area contributed by atoms with E-state index in [-0.39, 0.29) is 8.96 Å². The summed E-state index contributed by atoms with van der Waals surface area (Å²) in [6.45, 7) is 6.62. The van der Waals surface area contributed by atoms with Gasteiger partial charge >= 0.3 is 0 Å². The topological polar surface area (TPSA) is 3.24 Å². The van der Waals surface area contributed by atoms with Crippen LogP contribution in [0.1, 0.15) is 5.56 Å². The summed E-state index contributed by atoms with van der Waals surface area (Å²) in [5.41, 5.74) is 1.32. The average Bonchev–Trinajstić information content (AvgIpc) is 2.06. The van der Waals surface area contributed by atoms with E-state index in [1.54, 1.807) is 0 Å². The molecule has 0 fully saturated rings. The first kappa shape index (κ1) is 12.4. The van der Waals surface area contributed by atoms with Crippen molar-refractivity contribution in [3.63, 3.8) is 0 Å². The van der Waals surface area contributed by atoms with Crippen molar-refractivity contribution in [3.05, 3.63) is 35.9 Å². The largest absolute Gasteiger partial charge is 0.330 e. The molecule has 0 atom stereocenters. The molecule has 2 heteroatoms. The molecule has 0 aliphatic rings. The molecule has 0 saturated heterocycles. The fraction of sp³-hybridized carbons (Fsp3) is 0.455. The Morgan fingerprint density at radius 1 is 1.00 bits per heavy atom. The summed E-state index contributed by atoms with van der Waals surface area (Å²) in [5, 5.41) is 0. The van der Waals surface area contributed by atoms with Gasteiger partial charge in [0.25, 0.3) is 0 Å². The quantitative estimate of drug-likeness (QED) is 0.621. The number of benzene rings is 1. The van der Waals surface area contributed by atoms with Gasteiger partial charge in [0, 0.05) is 0 Å². The summed E-state index contributed by atoms with van der Waals surface area (Å²) in [7, 11) is 4.12. The smallest absolute Gasteiger partial charge is 0.129 e. The van der Waals surface area contributed by atoms with Crippen LogP contribution in [-0.2, 0) is 0 Å². The zero-order valence-electron chi connectivity index (χ0n) is 9.33. The summed E-state index contributed by atoms with van der Waals surface area (Å²) < 4.78 is 2.27. The minimum atomic E-state index is -0.118. The highest BCUT2D eigenvalue weighted by Gasteiger charge is 1.94. The fourth-order valence-corrected chi connectivity index (χ4v) is 0.534. The Balaban J connectivity index is 0.000000226. The molecule has 0 N–H and O–H groups in total. The van der Waals surface area contributed by atoms with E-state index in [0.717, 1.165) is 0 Å². The number of aryl methyl sites for hydroxylation is 1. The van der Waals surface area contributed by atoms with Crippen LogP contribution in [0.15, 0.2) is 30.3 Å². The van der Waals surface area contributed by atoms with E-state index in [4.69, 9.17) is 0 Å². The number of hydrogen-bond donors (Lipinski definition) is 0. The van der Waals surface area contributed by atoms with Crippen molar-refractivity contribution in [2.45, 2.75) is 20.0 Å². The molecule has 0 aliphatic carbocycles. The van der Waals surface area contributed by atoms with E-state index >= 15 is 0 Å². The Bertz CT molecular complexity index is 201. The van der Waals surface area contributed by atoms with Crippen LogP contribution in [0.5, 0.6) is 0 Å². The van der Waals surface area contributed by atoms with E-state index < -0.39 is 0 Å². The van der Waals surface area contributed by atoms with E-state index in [1.807, 2.05) is 18.2 Å². The fourth-order valence-electron chi connectivity index (χ4n) is 0.534. The number of nitrogens with zero attached hydrogens (tertiary/aromatic N) is 1. The number of rotatable bonds is 1. The van der Waals surface area contributed by atoms with Crippen LogP contribution in [0.3, 0.4) is 0 Å². The monoisotopic (exact) mass is 194 g/mol. The maximum Gasteiger partial charge on any atom is 0.129 e. The van der Waals surface area contributed by atoms with Crippen molar-refractivity contribution in [2.75, 3.05) is 14.1 Å². The molecule has 13 heavy (non-hydrogen) atoms. The Morgan fingerprint density at radius 2 is 1.38 bits per heavy atom. The molecule has 0 unspecified atom stereocenters.